The molecule has 0 spiro atoms. The van der Waals surface area contributed by atoms with E-state index >= 15 is 0 Å². The summed E-state index contributed by atoms with van der Waals surface area (Å²) < 4.78 is 0. The van der Waals surface area contributed by atoms with Crippen LogP contribution in [0, 0.1) is 0 Å². The predicted molar refractivity (Wildman–Crippen MR) is 93.0 cm³/mol. The molecular weight excluding hydrogens is 298 g/mol. The van der Waals surface area contributed by atoms with Crippen LogP contribution in [0.25, 0.3) is 0 Å². The van der Waals surface area contributed by atoms with Crippen molar-refractivity contribution in [2.24, 2.45) is 0 Å². The zero-order valence-corrected chi connectivity index (χ0v) is 13.9. The van der Waals surface area contributed by atoms with Crippen LogP contribution in [-0.2, 0) is 4.79 Å². The van der Waals surface area contributed by atoms with Crippen LogP contribution in [0.3, 0.4) is 0 Å². The molecule has 6 heteroatoms. The molecule has 0 aliphatic carbocycles. The molecule has 0 fully saturated rings. The maximum absolute atomic E-state index is 11.8. The van der Waals surface area contributed by atoms with Crippen LogP contribution in [0.1, 0.15) is 49.9 Å². The summed E-state index contributed by atoms with van der Waals surface area (Å²) in [5.41, 5.74) is 1.21. The minimum absolute atomic E-state index is 0.0918. The van der Waals surface area contributed by atoms with Crippen molar-refractivity contribution in [2.75, 3.05) is 11.9 Å². The fourth-order valence-electron chi connectivity index (χ4n) is 1.89. The first-order valence-corrected chi connectivity index (χ1v) is 7.96. The van der Waals surface area contributed by atoms with Gasteiger partial charge < -0.3 is 16.0 Å². The summed E-state index contributed by atoms with van der Waals surface area (Å²) in [6.07, 6.45) is 3.43. The average Bonchev–Trinajstić information content (AvgIpc) is 2.47. The number of anilines is 1. The highest BCUT2D eigenvalue weighted by Gasteiger charge is 2.07. The van der Waals surface area contributed by atoms with Crippen LogP contribution in [0.2, 0.25) is 0 Å². The molecule has 0 saturated heterocycles. The van der Waals surface area contributed by atoms with Crippen molar-refractivity contribution < 1.29 is 9.59 Å². The summed E-state index contributed by atoms with van der Waals surface area (Å²) in [5, 5.41) is 8.54. The van der Waals surface area contributed by atoms with Crippen LogP contribution in [0.4, 0.5) is 5.69 Å². The molecule has 0 aliphatic heterocycles. The Bertz CT molecular complexity index is 532. The molecule has 1 aromatic carbocycles. The molecule has 0 bridgehead atoms. The van der Waals surface area contributed by atoms with Crippen molar-refractivity contribution in [3.05, 3.63) is 29.8 Å². The Morgan fingerprint density at radius 3 is 2.64 bits per heavy atom. The van der Waals surface area contributed by atoms with Crippen molar-refractivity contribution in [1.29, 1.82) is 0 Å². The molecule has 3 N–H and O–H groups in total. The van der Waals surface area contributed by atoms with E-state index in [2.05, 4.69) is 22.9 Å². The zero-order valence-electron chi connectivity index (χ0n) is 13.1. The van der Waals surface area contributed by atoms with Crippen LogP contribution >= 0.6 is 12.2 Å². The van der Waals surface area contributed by atoms with E-state index in [-0.39, 0.29) is 16.9 Å². The molecule has 0 aliphatic rings. The fraction of sp³-hybridized carbons (Fsp3) is 0.438. The van der Waals surface area contributed by atoms with Crippen molar-refractivity contribution in [2.45, 2.75) is 39.5 Å². The maximum atomic E-state index is 11.8. The Kier molecular flexibility index (Phi) is 8.14. The van der Waals surface area contributed by atoms with E-state index in [1.54, 1.807) is 24.3 Å². The second-order valence-corrected chi connectivity index (χ2v) is 5.31. The highest BCUT2D eigenvalue weighted by molar-refractivity contribution is 7.80. The second-order valence-electron chi connectivity index (χ2n) is 4.90. The highest BCUT2D eigenvalue weighted by atomic mass is 32.1. The van der Waals surface area contributed by atoms with Gasteiger partial charge in [0.2, 0.25) is 5.91 Å². The lowest BCUT2D eigenvalue weighted by atomic mass is 10.2. The Morgan fingerprint density at radius 1 is 1.18 bits per heavy atom. The number of carbonyl (C=O) groups is 2. The van der Waals surface area contributed by atoms with Gasteiger partial charge in [0.05, 0.1) is 0 Å². The summed E-state index contributed by atoms with van der Waals surface area (Å²) in [7, 11) is 0. The first kappa shape index (κ1) is 18.1. The van der Waals surface area contributed by atoms with Gasteiger partial charge in [0.25, 0.3) is 5.91 Å². The molecule has 1 rings (SSSR count). The molecule has 120 valence electrons. The summed E-state index contributed by atoms with van der Waals surface area (Å²) in [6, 6.07) is 6.97. The van der Waals surface area contributed by atoms with E-state index in [1.807, 2.05) is 6.92 Å². The molecule has 5 nitrogen and oxygen atoms in total. The van der Waals surface area contributed by atoms with Gasteiger partial charge in [-0.15, -0.1) is 0 Å². The Hall–Kier alpha value is -1.95. The monoisotopic (exact) mass is 321 g/mol. The third kappa shape index (κ3) is 6.67. The van der Waals surface area contributed by atoms with E-state index in [4.69, 9.17) is 12.2 Å². The predicted octanol–water partition coefficient (Wildman–Crippen LogP) is 2.83. The average molecular weight is 321 g/mol. The number of hydrogen-bond donors (Lipinski definition) is 3. The smallest absolute Gasteiger partial charge is 0.251 e. The summed E-state index contributed by atoms with van der Waals surface area (Å²) in [5.74, 6) is -0.230. The molecular formula is C16H23N3O2S. The number of amides is 2. The minimum Gasteiger partial charge on any atom is -0.352 e. The van der Waals surface area contributed by atoms with Crippen LogP contribution in [0.5, 0.6) is 0 Å². The summed E-state index contributed by atoms with van der Waals surface area (Å²) in [6.45, 7) is 4.53. The van der Waals surface area contributed by atoms with E-state index in [0.29, 0.717) is 24.2 Å². The van der Waals surface area contributed by atoms with Gasteiger partial charge >= 0.3 is 0 Å². The van der Waals surface area contributed by atoms with E-state index in [0.717, 1.165) is 19.3 Å². The van der Waals surface area contributed by atoms with E-state index in [1.165, 1.54) is 0 Å². The quantitative estimate of drug-likeness (QED) is 0.533. The Labute approximate surface area is 136 Å². The van der Waals surface area contributed by atoms with Gasteiger partial charge in [-0.25, -0.2) is 0 Å². The SMILES string of the molecule is CCCCCC(=O)NC(=S)Nc1cccc(C(=O)NCC)c1. The third-order valence-corrected chi connectivity index (χ3v) is 3.18. The van der Waals surface area contributed by atoms with Crippen LogP contribution < -0.4 is 16.0 Å². The number of rotatable bonds is 7. The number of unbranched alkanes of at least 4 members (excludes halogenated alkanes) is 2. The first-order valence-electron chi connectivity index (χ1n) is 7.56. The molecule has 0 heterocycles. The molecule has 0 saturated carbocycles. The van der Waals surface area contributed by atoms with Gasteiger partial charge in [-0.2, -0.15) is 0 Å². The topological polar surface area (TPSA) is 70.2 Å². The molecule has 0 atom stereocenters. The van der Waals surface area contributed by atoms with Gasteiger partial charge in [-0.05, 0) is 43.8 Å². The standard InChI is InChI=1S/C16H23N3O2S/c1-3-5-6-10-14(20)19-16(22)18-13-9-7-8-12(11-13)15(21)17-4-2/h7-9,11H,3-6,10H2,1-2H3,(H,17,21)(H2,18,19,20,22). The fourth-order valence-corrected chi connectivity index (χ4v) is 2.12. The molecule has 0 radical (unpaired) electrons. The summed E-state index contributed by atoms with van der Waals surface area (Å²) >= 11 is 5.11. The molecule has 2 amide bonds. The van der Waals surface area contributed by atoms with Crippen molar-refractivity contribution >= 4 is 34.8 Å². The lowest BCUT2D eigenvalue weighted by molar-refractivity contribution is -0.119. The van der Waals surface area contributed by atoms with Crippen molar-refractivity contribution in [3.63, 3.8) is 0 Å². The highest BCUT2D eigenvalue weighted by Crippen LogP contribution is 2.10. The summed E-state index contributed by atoms with van der Waals surface area (Å²) in [4.78, 5) is 23.4. The minimum atomic E-state index is -0.138. The molecule has 0 aromatic heterocycles. The van der Waals surface area contributed by atoms with Gasteiger partial charge in [-0.1, -0.05) is 25.8 Å². The number of benzene rings is 1. The zero-order chi connectivity index (χ0) is 16.4. The molecule has 1 aromatic rings. The third-order valence-electron chi connectivity index (χ3n) is 2.98. The van der Waals surface area contributed by atoms with Gasteiger partial charge in [-0.3, -0.25) is 9.59 Å². The molecule has 22 heavy (non-hydrogen) atoms. The molecule has 0 unspecified atom stereocenters. The largest absolute Gasteiger partial charge is 0.352 e. The Morgan fingerprint density at radius 2 is 1.95 bits per heavy atom. The van der Waals surface area contributed by atoms with Crippen LogP contribution in [0.15, 0.2) is 24.3 Å². The second kappa shape index (κ2) is 9.89. The van der Waals surface area contributed by atoms with E-state index in [9.17, 15) is 9.59 Å². The van der Waals surface area contributed by atoms with E-state index < -0.39 is 0 Å². The number of carbonyl (C=O) groups excluding carboxylic acids is 2. The lowest BCUT2D eigenvalue weighted by Crippen LogP contribution is -2.34. The van der Waals surface area contributed by atoms with Crippen molar-refractivity contribution in [1.82, 2.24) is 10.6 Å². The number of thiocarbonyl (C=S) groups is 1. The normalized spacial score (nSPS) is 9.91. The first-order chi connectivity index (χ1) is 10.6. The number of nitrogens with one attached hydrogen (secondary N) is 3. The van der Waals surface area contributed by atoms with Crippen molar-refractivity contribution in [3.8, 4) is 0 Å². The lowest BCUT2D eigenvalue weighted by Gasteiger charge is -2.10. The van der Waals surface area contributed by atoms with Gasteiger partial charge in [0.1, 0.15) is 0 Å². The van der Waals surface area contributed by atoms with Crippen LogP contribution in [-0.4, -0.2) is 23.5 Å². The number of hydrogen-bond acceptors (Lipinski definition) is 3. The van der Waals surface area contributed by atoms with Gasteiger partial charge in [0.15, 0.2) is 5.11 Å². The van der Waals surface area contributed by atoms with Gasteiger partial charge in [0, 0.05) is 24.2 Å². The Balaban J connectivity index is 2.52. The maximum Gasteiger partial charge on any atom is 0.251 e.